The fourth-order valence-corrected chi connectivity index (χ4v) is 8.60. The van der Waals surface area contributed by atoms with Gasteiger partial charge in [-0.15, -0.1) is 0 Å². The van der Waals surface area contributed by atoms with E-state index in [1.54, 1.807) is 0 Å². The fraction of sp³-hybridized carbons (Fsp3) is 0. The summed E-state index contributed by atoms with van der Waals surface area (Å²) in [4.78, 5) is 15.3. The predicted molar refractivity (Wildman–Crippen MR) is 226 cm³/mol. The maximum Gasteiger partial charge on any atom is 0.164 e. The fourth-order valence-electron chi connectivity index (χ4n) is 8.60. The topological polar surface area (TPSA) is 51.8 Å². The van der Waals surface area contributed by atoms with Gasteiger partial charge in [0.05, 0.1) is 0 Å². The van der Waals surface area contributed by atoms with Crippen molar-refractivity contribution in [2.24, 2.45) is 0 Å². The van der Waals surface area contributed by atoms with Gasteiger partial charge in [-0.1, -0.05) is 152 Å². The highest BCUT2D eigenvalue weighted by atomic mass is 16.3. The third kappa shape index (κ3) is 4.62. The number of rotatable bonds is 4. The summed E-state index contributed by atoms with van der Waals surface area (Å²) in [6.45, 7) is 0. The lowest BCUT2D eigenvalue weighted by molar-refractivity contribution is 0.673. The molecule has 12 rings (SSSR count). The van der Waals surface area contributed by atoms with E-state index in [0.29, 0.717) is 17.5 Å². The summed E-state index contributed by atoms with van der Waals surface area (Å²) in [5, 5.41) is 9.32. The van der Waals surface area contributed by atoms with Crippen LogP contribution < -0.4 is 0 Å². The highest BCUT2D eigenvalue weighted by Gasteiger charge is 2.25. The first-order valence-electron chi connectivity index (χ1n) is 18.6. The second-order valence-electron chi connectivity index (χ2n) is 14.4. The van der Waals surface area contributed by atoms with Crippen LogP contribution in [0.3, 0.4) is 0 Å². The maximum absolute atomic E-state index is 6.76. The monoisotopic (exact) mass is 699 g/mol. The molecular formula is C51H29N3O. The number of nitrogens with zero attached hydrogens (tertiary/aromatic N) is 3. The molecule has 0 amide bonds. The van der Waals surface area contributed by atoms with Crippen molar-refractivity contribution in [1.82, 2.24) is 15.0 Å². The molecule has 254 valence electrons. The Morgan fingerprint density at radius 2 is 0.873 bits per heavy atom. The lowest BCUT2D eigenvalue weighted by Crippen LogP contribution is -2.00. The lowest BCUT2D eigenvalue weighted by Gasteiger charge is -2.10. The molecule has 11 aromatic rings. The van der Waals surface area contributed by atoms with Gasteiger partial charge in [0.1, 0.15) is 11.2 Å². The molecule has 0 radical (unpaired) electrons. The van der Waals surface area contributed by atoms with Crippen LogP contribution in [0.5, 0.6) is 0 Å². The van der Waals surface area contributed by atoms with Crippen molar-refractivity contribution < 1.29 is 4.42 Å². The molecule has 9 aromatic carbocycles. The molecule has 1 aliphatic rings. The molecule has 0 fully saturated rings. The Morgan fingerprint density at radius 3 is 1.71 bits per heavy atom. The normalized spacial score (nSPS) is 12.0. The number of fused-ring (bicyclic) bond motifs is 9. The first-order valence-corrected chi connectivity index (χ1v) is 18.6. The molecular weight excluding hydrogens is 671 g/mol. The van der Waals surface area contributed by atoms with E-state index in [0.717, 1.165) is 55.0 Å². The van der Waals surface area contributed by atoms with Gasteiger partial charge >= 0.3 is 0 Å². The molecule has 4 heteroatoms. The van der Waals surface area contributed by atoms with E-state index in [2.05, 4.69) is 176 Å². The highest BCUT2D eigenvalue weighted by Crippen LogP contribution is 2.50. The summed E-state index contributed by atoms with van der Waals surface area (Å²) < 4.78 is 6.76. The van der Waals surface area contributed by atoms with Crippen molar-refractivity contribution in [3.63, 3.8) is 0 Å². The number of hydrogen-bond donors (Lipinski definition) is 0. The molecule has 2 heterocycles. The van der Waals surface area contributed by atoms with E-state index < -0.39 is 0 Å². The molecule has 0 N–H and O–H groups in total. The molecule has 0 spiro atoms. The Hall–Kier alpha value is -7.43. The molecule has 0 bridgehead atoms. The van der Waals surface area contributed by atoms with E-state index in [4.69, 9.17) is 19.4 Å². The van der Waals surface area contributed by atoms with Crippen LogP contribution in [0.4, 0.5) is 0 Å². The van der Waals surface area contributed by atoms with Crippen molar-refractivity contribution >= 4 is 54.3 Å². The Morgan fingerprint density at radius 1 is 0.309 bits per heavy atom. The van der Waals surface area contributed by atoms with Crippen molar-refractivity contribution in [3.8, 4) is 67.5 Å². The minimum Gasteiger partial charge on any atom is -0.455 e. The van der Waals surface area contributed by atoms with Gasteiger partial charge in [0.2, 0.25) is 0 Å². The van der Waals surface area contributed by atoms with Crippen LogP contribution in [-0.4, -0.2) is 15.0 Å². The van der Waals surface area contributed by atoms with Gasteiger partial charge in [0.25, 0.3) is 0 Å². The van der Waals surface area contributed by atoms with Crippen molar-refractivity contribution in [2.45, 2.75) is 0 Å². The van der Waals surface area contributed by atoms with E-state index >= 15 is 0 Å². The van der Waals surface area contributed by atoms with Gasteiger partial charge in [-0.25, -0.2) is 15.0 Å². The zero-order valence-electron chi connectivity index (χ0n) is 29.5. The standard InChI is InChI=1S/C51H29N3O/c1-2-11-34-27-35(24-19-30(34)9-1)50-52-49(33-22-20-32(21-23-33)38-16-7-12-31-10-3-4-13-37(31)38)53-51(54-50)36-25-26-41-45-29-44-40-15-6-5-14-39(40)42-17-8-18-43(47(42)44)48(45)55-46(41)28-36/h1-29H. The van der Waals surface area contributed by atoms with Crippen LogP contribution in [0.1, 0.15) is 0 Å². The molecule has 0 aliphatic heterocycles. The molecule has 2 aromatic heterocycles. The maximum atomic E-state index is 6.76. The van der Waals surface area contributed by atoms with Gasteiger partial charge in [-0.2, -0.15) is 0 Å². The van der Waals surface area contributed by atoms with Crippen LogP contribution >= 0.6 is 0 Å². The van der Waals surface area contributed by atoms with Crippen molar-refractivity contribution in [1.29, 1.82) is 0 Å². The summed E-state index contributed by atoms with van der Waals surface area (Å²) in [6.07, 6.45) is 0. The Bertz CT molecular complexity index is 3370. The smallest absolute Gasteiger partial charge is 0.164 e. The first-order chi connectivity index (χ1) is 27.2. The van der Waals surface area contributed by atoms with Crippen LogP contribution in [0.15, 0.2) is 180 Å². The molecule has 0 atom stereocenters. The molecule has 4 nitrogen and oxygen atoms in total. The largest absolute Gasteiger partial charge is 0.455 e. The molecule has 0 unspecified atom stereocenters. The van der Waals surface area contributed by atoms with Crippen molar-refractivity contribution in [3.05, 3.63) is 176 Å². The SMILES string of the molecule is c1ccc2c(c1)-c1cccc3c1c-2cc1c2ccc(-c4nc(-c5ccc(-c6cccc7ccccc67)cc5)nc(-c5ccc6ccccc6c5)n4)cc2oc31. The average Bonchev–Trinajstić information content (AvgIpc) is 3.79. The average molecular weight is 700 g/mol. The van der Waals surface area contributed by atoms with E-state index in [1.165, 1.54) is 49.4 Å². The molecule has 0 saturated carbocycles. The Labute approximate surface area is 316 Å². The Kier molecular flexibility index (Phi) is 6.31. The van der Waals surface area contributed by atoms with Gasteiger partial charge in [0.15, 0.2) is 17.5 Å². The second-order valence-corrected chi connectivity index (χ2v) is 14.4. The summed E-state index contributed by atoms with van der Waals surface area (Å²) in [7, 11) is 0. The van der Waals surface area contributed by atoms with Gasteiger partial charge in [-0.3, -0.25) is 0 Å². The Balaban J connectivity index is 1.02. The third-order valence-electron chi connectivity index (χ3n) is 11.2. The van der Waals surface area contributed by atoms with Gasteiger partial charge < -0.3 is 4.42 Å². The molecule has 0 saturated heterocycles. The third-order valence-corrected chi connectivity index (χ3v) is 11.2. The summed E-state index contributed by atoms with van der Waals surface area (Å²) in [5.41, 5.74) is 11.8. The molecule has 1 aliphatic carbocycles. The number of furan rings is 1. The quantitative estimate of drug-likeness (QED) is 0.183. The minimum atomic E-state index is 0.594. The van der Waals surface area contributed by atoms with Crippen molar-refractivity contribution in [2.75, 3.05) is 0 Å². The van der Waals surface area contributed by atoms with Gasteiger partial charge in [-0.05, 0) is 79.2 Å². The zero-order chi connectivity index (χ0) is 36.0. The van der Waals surface area contributed by atoms with E-state index in [1.807, 2.05) is 0 Å². The highest BCUT2D eigenvalue weighted by molar-refractivity contribution is 6.26. The summed E-state index contributed by atoms with van der Waals surface area (Å²) in [5.74, 6) is 1.83. The van der Waals surface area contributed by atoms with E-state index in [9.17, 15) is 0 Å². The van der Waals surface area contributed by atoms with E-state index in [-0.39, 0.29) is 0 Å². The van der Waals surface area contributed by atoms with Crippen LogP contribution in [0, 0.1) is 0 Å². The minimum absolute atomic E-state index is 0.594. The molecule has 55 heavy (non-hydrogen) atoms. The number of hydrogen-bond acceptors (Lipinski definition) is 4. The number of aromatic nitrogens is 3. The second kappa shape index (κ2) is 11.5. The van der Waals surface area contributed by atoms with Gasteiger partial charge in [0, 0.05) is 38.2 Å². The van der Waals surface area contributed by atoms with Crippen LogP contribution in [-0.2, 0) is 0 Å². The summed E-state index contributed by atoms with van der Waals surface area (Å²) in [6, 6.07) is 62.1. The lowest BCUT2D eigenvalue weighted by atomic mass is 9.97. The first kappa shape index (κ1) is 30.1. The number of benzene rings is 9. The predicted octanol–water partition coefficient (Wildman–Crippen LogP) is 13.5. The van der Waals surface area contributed by atoms with Crippen LogP contribution in [0.25, 0.3) is 122 Å². The van der Waals surface area contributed by atoms with Crippen LogP contribution in [0.2, 0.25) is 0 Å². The zero-order valence-corrected chi connectivity index (χ0v) is 29.5. The summed E-state index contributed by atoms with van der Waals surface area (Å²) >= 11 is 0.